The second-order valence-electron chi connectivity index (χ2n) is 7.96. The van der Waals surface area contributed by atoms with E-state index in [4.69, 9.17) is 9.47 Å². The van der Waals surface area contributed by atoms with E-state index in [1.807, 2.05) is 35.0 Å². The van der Waals surface area contributed by atoms with Gasteiger partial charge in [0.2, 0.25) is 5.91 Å². The number of anilines is 1. The molecule has 0 aliphatic carbocycles. The van der Waals surface area contributed by atoms with Crippen LogP contribution in [-0.4, -0.2) is 42.9 Å². The normalized spacial score (nSPS) is 10.8. The number of benzene rings is 3. The average Bonchev–Trinajstić information content (AvgIpc) is 3.25. The van der Waals surface area contributed by atoms with Crippen LogP contribution in [0.3, 0.4) is 0 Å². The number of nitrogens with one attached hydrogen (secondary N) is 2. The Morgan fingerprint density at radius 2 is 1.73 bits per heavy atom. The number of para-hydroxylation sites is 1. The van der Waals surface area contributed by atoms with E-state index in [-0.39, 0.29) is 18.2 Å². The summed E-state index contributed by atoms with van der Waals surface area (Å²) < 4.78 is 40.2. The number of fused-ring (bicyclic) bond motifs is 1. The van der Waals surface area contributed by atoms with Gasteiger partial charge in [-0.2, -0.15) is 0 Å². The summed E-state index contributed by atoms with van der Waals surface area (Å²) in [6, 6.07) is 16.1. The summed E-state index contributed by atoms with van der Waals surface area (Å²) >= 11 is 1.37. The minimum Gasteiger partial charge on any atom is -0.497 e. The summed E-state index contributed by atoms with van der Waals surface area (Å²) in [6.45, 7) is 0.529. The van der Waals surface area contributed by atoms with Crippen LogP contribution in [0.2, 0.25) is 0 Å². The van der Waals surface area contributed by atoms with Gasteiger partial charge in [0.15, 0.2) is 0 Å². The fourth-order valence-electron chi connectivity index (χ4n) is 3.85. The maximum Gasteiger partial charge on any atom is 0.257 e. The lowest BCUT2D eigenvalue weighted by Gasteiger charge is -2.11. The number of ether oxygens (including phenoxy) is 2. The van der Waals surface area contributed by atoms with E-state index in [0.717, 1.165) is 27.9 Å². The Labute approximate surface area is 216 Å². The molecular weight excluding hydrogens is 500 g/mol. The molecule has 0 bridgehead atoms. The quantitative estimate of drug-likeness (QED) is 0.282. The van der Waals surface area contributed by atoms with Crippen molar-refractivity contribution in [3.05, 3.63) is 84.1 Å². The Morgan fingerprint density at radius 3 is 2.46 bits per heavy atom. The highest BCUT2D eigenvalue weighted by Gasteiger charge is 2.17. The minimum absolute atomic E-state index is 0.150. The van der Waals surface area contributed by atoms with Crippen LogP contribution >= 0.6 is 11.8 Å². The highest BCUT2D eigenvalue weighted by Crippen LogP contribution is 2.32. The third kappa shape index (κ3) is 6.03. The Bertz CT molecular complexity index is 1420. The van der Waals surface area contributed by atoms with Crippen LogP contribution < -0.4 is 20.1 Å². The van der Waals surface area contributed by atoms with Crippen molar-refractivity contribution in [3.8, 4) is 11.5 Å². The molecule has 1 aromatic heterocycles. The smallest absolute Gasteiger partial charge is 0.257 e. The van der Waals surface area contributed by atoms with Gasteiger partial charge in [0.1, 0.15) is 28.7 Å². The zero-order valence-corrected chi connectivity index (χ0v) is 21.0. The molecule has 0 fully saturated rings. The largest absolute Gasteiger partial charge is 0.497 e. The van der Waals surface area contributed by atoms with E-state index in [0.29, 0.717) is 23.7 Å². The van der Waals surface area contributed by atoms with Crippen LogP contribution in [0.1, 0.15) is 10.4 Å². The molecule has 0 unspecified atom stereocenters. The maximum atomic E-state index is 13.9. The molecule has 10 heteroatoms. The molecule has 0 atom stereocenters. The van der Waals surface area contributed by atoms with E-state index < -0.39 is 23.1 Å². The lowest BCUT2D eigenvalue weighted by molar-refractivity contribution is -0.113. The summed E-state index contributed by atoms with van der Waals surface area (Å²) in [4.78, 5) is 25.9. The Kier molecular flexibility index (Phi) is 8.29. The molecule has 1 heterocycles. The number of hydrogen-bond acceptors (Lipinski definition) is 5. The number of carbonyl (C=O) groups excluding carboxylic acids is 2. The minimum atomic E-state index is -0.910. The number of hydrogen-bond donors (Lipinski definition) is 2. The van der Waals surface area contributed by atoms with Crippen molar-refractivity contribution >= 4 is 40.2 Å². The number of halogens is 2. The van der Waals surface area contributed by atoms with E-state index in [1.165, 1.54) is 24.9 Å². The summed E-state index contributed by atoms with van der Waals surface area (Å²) in [5, 5.41) is 6.37. The van der Waals surface area contributed by atoms with Crippen LogP contribution in [0, 0.1) is 11.6 Å². The van der Waals surface area contributed by atoms with Crippen molar-refractivity contribution in [2.75, 3.05) is 31.8 Å². The van der Waals surface area contributed by atoms with Gasteiger partial charge in [0, 0.05) is 41.2 Å². The first-order valence-electron chi connectivity index (χ1n) is 11.4. The summed E-state index contributed by atoms with van der Waals surface area (Å²) in [7, 11) is 3.07. The van der Waals surface area contributed by atoms with E-state index in [9.17, 15) is 18.4 Å². The number of rotatable bonds is 10. The molecule has 4 aromatic rings. The van der Waals surface area contributed by atoms with Gasteiger partial charge in [-0.05, 0) is 30.3 Å². The first-order valence-corrected chi connectivity index (χ1v) is 12.3. The first kappa shape index (κ1) is 26.0. The van der Waals surface area contributed by atoms with E-state index in [1.54, 1.807) is 25.3 Å². The van der Waals surface area contributed by atoms with Crippen molar-refractivity contribution in [2.24, 2.45) is 0 Å². The first-order chi connectivity index (χ1) is 17.9. The van der Waals surface area contributed by atoms with Crippen LogP contribution in [0.15, 0.2) is 71.8 Å². The molecule has 0 radical (unpaired) electrons. The Balaban J connectivity index is 1.41. The van der Waals surface area contributed by atoms with E-state index >= 15 is 0 Å². The number of nitrogens with zero attached hydrogens (tertiary/aromatic N) is 1. The molecule has 0 spiro atoms. The third-order valence-corrected chi connectivity index (χ3v) is 6.66. The fourth-order valence-corrected chi connectivity index (χ4v) is 4.74. The molecule has 7 nitrogen and oxygen atoms in total. The van der Waals surface area contributed by atoms with Crippen molar-refractivity contribution < 1.29 is 27.8 Å². The lowest BCUT2D eigenvalue weighted by Crippen LogP contribution is -2.28. The summed E-state index contributed by atoms with van der Waals surface area (Å²) in [5.74, 6) is -1.58. The monoisotopic (exact) mass is 525 g/mol. The predicted molar refractivity (Wildman–Crippen MR) is 140 cm³/mol. The van der Waals surface area contributed by atoms with Gasteiger partial charge in [-0.25, -0.2) is 8.78 Å². The van der Waals surface area contributed by atoms with Crippen LogP contribution in [0.5, 0.6) is 11.5 Å². The SMILES string of the molecule is COc1ccc(OC)c(NC(=O)CSc2cn(CCNC(=O)c3c(F)cccc3F)c3ccccc23)c1. The molecule has 0 saturated carbocycles. The number of amides is 2. The summed E-state index contributed by atoms with van der Waals surface area (Å²) in [5.41, 5.74) is 0.817. The Morgan fingerprint density at radius 1 is 0.973 bits per heavy atom. The number of methoxy groups -OCH3 is 2. The third-order valence-electron chi connectivity index (χ3n) is 5.62. The number of aromatic nitrogens is 1. The standard InChI is InChI=1S/C27H25F2N3O4S/c1-35-17-10-11-23(36-2)21(14-17)31-25(33)16-37-24-15-32(22-9-4-3-6-18(22)24)13-12-30-27(34)26-19(28)7-5-8-20(26)29/h3-11,14-15H,12-13,16H2,1-2H3,(H,30,34)(H,31,33). The van der Waals surface area contributed by atoms with Crippen LogP contribution in [0.4, 0.5) is 14.5 Å². The number of carbonyl (C=O) groups is 2. The fraction of sp³-hybridized carbons (Fsp3) is 0.185. The second kappa shape index (κ2) is 11.8. The molecule has 2 N–H and O–H groups in total. The highest BCUT2D eigenvalue weighted by atomic mass is 32.2. The second-order valence-corrected chi connectivity index (χ2v) is 8.98. The predicted octanol–water partition coefficient (Wildman–Crippen LogP) is 5.10. The van der Waals surface area contributed by atoms with Gasteiger partial charge in [0.05, 0.1) is 25.7 Å². The average molecular weight is 526 g/mol. The molecule has 2 amide bonds. The molecule has 0 aliphatic rings. The van der Waals surface area contributed by atoms with Gasteiger partial charge in [-0.3, -0.25) is 9.59 Å². The highest BCUT2D eigenvalue weighted by molar-refractivity contribution is 8.00. The van der Waals surface area contributed by atoms with Crippen LogP contribution in [-0.2, 0) is 11.3 Å². The van der Waals surface area contributed by atoms with Crippen molar-refractivity contribution in [1.82, 2.24) is 9.88 Å². The molecule has 3 aromatic carbocycles. The van der Waals surface area contributed by atoms with Gasteiger partial charge >= 0.3 is 0 Å². The number of thioether (sulfide) groups is 1. The van der Waals surface area contributed by atoms with Gasteiger partial charge in [0.25, 0.3) is 5.91 Å². The molecule has 37 heavy (non-hydrogen) atoms. The lowest BCUT2D eigenvalue weighted by atomic mass is 10.2. The molecule has 0 aliphatic heterocycles. The molecule has 4 rings (SSSR count). The maximum absolute atomic E-state index is 13.9. The van der Waals surface area contributed by atoms with Gasteiger partial charge in [-0.15, -0.1) is 11.8 Å². The molecule has 0 saturated heterocycles. The molecular formula is C27H25F2N3O4S. The topological polar surface area (TPSA) is 81.6 Å². The van der Waals surface area contributed by atoms with Crippen molar-refractivity contribution in [1.29, 1.82) is 0 Å². The Hall–Kier alpha value is -4.05. The molecule has 192 valence electrons. The summed E-state index contributed by atoms with van der Waals surface area (Å²) in [6.07, 6.45) is 1.89. The zero-order valence-electron chi connectivity index (χ0n) is 20.2. The van der Waals surface area contributed by atoms with Crippen molar-refractivity contribution in [3.63, 3.8) is 0 Å². The van der Waals surface area contributed by atoms with E-state index in [2.05, 4.69) is 10.6 Å². The van der Waals surface area contributed by atoms with Gasteiger partial charge in [-0.1, -0.05) is 24.3 Å². The van der Waals surface area contributed by atoms with Crippen molar-refractivity contribution in [2.45, 2.75) is 11.4 Å². The zero-order chi connectivity index (χ0) is 26.4. The van der Waals surface area contributed by atoms with Crippen LogP contribution in [0.25, 0.3) is 10.9 Å². The van der Waals surface area contributed by atoms with Gasteiger partial charge < -0.3 is 24.7 Å².